The molecule has 2 saturated heterocycles. The molecule has 3 aromatic rings. The molecule has 0 spiro atoms. The van der Waals surface area contributed by atoms with E-state index < -0.39 is 4.92 Å². The number of benzene rings is 1. The fraction of sp³-hybridized carbons (Fsp3) is 0.407. The number of pyridine rings is 1. The molecule has 1 N–H and O–H groups in total. The number of methoxy groups -OCH3 is 1. The third kappa shape index (κ3) is 4.96. The summed E-state index contributed by atoms with van der Waals surface area (Å²) in [5, 5.41) is 15.6. The lowest BCUT2D eigenvalue weighted by molar-refractivity contribution is -0.384. The first-order chi connectivity index (χ1) is 18.4. The Morgan fingerprint density at radius 1 is 1.18 bits per heavy atom. The molecule has 2 aliphatic rings. The minimum Gasteiger partial charge on any atom is -0.494 e. The molecule has 10 nitrogen and oxygen atoms in total. The maximum absolute atomic E-state index is 11.3. The van der Waals surface area contributed by atoms with E-state index >= 15 is 0 Å². The molecule has 2 atom stereocenters. The quantitative estimate of drug-likeness (QED) is 0.262. The van der Waals surface area contributed by atoms with E-state index in [2.05, 4.69) is 37.7 Å². The van der Waals surface area contributed by atoms with Gasteiger partial charge in [0.05, 0.1) is 54.8 Å². The lowest BCUT2D eigenvalue weighted by atomic mass is 9.96. The second kappa shape index (κ2) is 11.1. The molecule has 0 radical (unpaired) electrons. The average Bonchev–Trinajstić information content (AvgIpc) is 3.42. The van der Waals surface area contributed by atoms with Crippen LogP contribution in [0.2, 0.25) is 0 Å². The molecular weight excluding hydrogens is 504 g/mol. The Morgan fingerprint density at radius 2 is 1.97 bits per heavy atom. The lowest BCUT2D eigenvalue weighted by Crippen LogP contribution is -2.42. The van der Waals surface area contributed by atoms with Gasteiger partial charge < -0.3 is 24.3 Å². The van der Waals surface area contributed by atoms with Crippen molar-refractivity contribution in [3.63, 3.8) is 0 Å². The minimum absolute atomic E-state index is 0.0110. The van der Waals surface area contributed by atoms with Crippen molar-refractivity contribution in [2.24, 2.45) is 0 Å². The van der Waals surface area contributed by atoms with Crippen molar-refractivity contribution < 1.29 is 14.4 Å². The molecule has 11 heteroatoms. The summed E-state index contributed by atoms with van der Waals surface area (Å²) in [6, 6.07) is 12.6. The number of aryl methyl sites for hydroxylation is 1. The summed E-state index contributed by atoms with van der Waals surface area (Å²) in [6.07, 6.45) is 1.80. The Hall–Kier alpha value is -3.54. The van der Waals surface area contributed by atoms with Crippen LogP contribution in [-0.4, -0.2) is 75.9 Å². The molecule has 2 aromatic heterocycles. The van der Waals surface area contributed by atoms with Crippen molar-refractivity contribution in [1.29, 1.82) is 0 Å². The van der Waals surface area contributed by atoms with E-state index in [0.717, 1.165) is 67.7 Å². The van der Waals surface area contributed by atoms with E-state index in [1.165, 1.54) is 19.2 Å². The maximum atomic E-state index is 11.3. The predicted molar refractivity (Wildman–Crippen MR) is 148 cm³/mol. The highest BCUT2D eigenvalue weighted by molar-refractivity contribution is 7.80. The third-order valence-electron chi connectivity index (χ3n) is 7.36. The van der Waals surface area contributed by atoms with Crippen LogP contribution >= 0.6 is 12.2 Å². The third-order valence-corrected chi connectivity index (χ3v) is 7.71. The fourth-order valence-electron chi connectivity index (χ4n) is 5.48. The van der Waals surface area contributed by atoms with Gasteiger partial charge in [0.2, 0.25) is 0 Å². The van der Waals surface area contributed by atoms with E-state index in [0.29, 0.717) is 10.9 Å². The van der Waals surface area contributed by atoms with Crippen LogP contribution in [0.1, 0.15) is 34.7 Å². The van der Waals surface area contributed by atoms with Crippen LogP contribution < -0.4 is 10.1 Å². The lowest BCUT2D eigenvalue weighted by Gasteiger charge is -2.32. The van der Waals surface area contributed by atoms with Gasteiger partial charge in [0, 0.05) is 49.8 Å². The molecule has 4 heterocycles. The van der Waals surface area contributed by atoms with Crippen LogP contribution in [0.5, 0.6) is 5.75 Å². The first kappa shape index (κ1) is 26.1. The normalized spacial score (nSPS) is 20.0. The summed E-state index contributed by atoms with van der Waals surface area (Å²) in [5.74, 6) is 0.443. The second-order valence-corrected chi connectivity index (χ2v) is 9.94. The van der Waals surface area contributed by atoms with Gasteiger partial charge in [0.1, 0.15) is 5.75 Å². The number of non-ortho nitro benzene ring substituents is 1. The van der Waals surface area contributed by atoms with Crippen molar-refractivity contribution in [3.8, 4) is 11.4 Å². The van der Waals surface area contributed by atoms with Crippen LogP contribution in [0.3, 0.4) is 0 Å². The average molecular weight is 537 g/mol. The zero-order chi connectivity index (χ0) is 26.8. The van der Waals surface area contributed by atoms with E-state index in [9.17, 15) is 10.1 Å². The van der Waals surface area contributed by atoms with Gasteiger partial charge in [-0.15, -0.1) is 0 Å². The van der Waals surface area contributed by atoms with Gasteiger partial charge in [-0.05, 0) is 55.9 Å². The molecule has 2 aliphatic heterocycles. The number of nitro groups is 1. The highest BCUT2D eigenvalue weighted by Gasteiger charge is 2.41. The highest BCUT2D eigenvalue weighted by atomic mass is 32.1. The Kier molecular flexibility index (Phi) is 7.59. The second-order valence-electron chi connectivity index (χ2n) is 9.55. The number of hydrogen-bond donors (Lipinski definition) is 1. The summed E-state index contributed by atoms with van der Waals surface area (Å²) >= 11 is 5.87. The minimum atomic E-state index is -0.415. The monoisotopic (exact) mass is 536 g/mol. The SMILES string of the molecule is COc1cc([N+](=O)[O-])ccc1-n1c(C)cc(C2C(c3ccccn3)NC(=S)N2CCN2CCOCC2)c1C. The molecular formula is C27H32N6O4S. The number of morpholine rings is 1. The van der Waals surface area contributed by atoms with Crippen molar-refractivity contribution in [2.45, 2.75) is 25.9 Å². The number of ether oxygens (including phenoxy) is 2. The van der Waals surface area contributed by atoms with Gasteiger partial charge in [0.15, 0.2) is 5.11 Å². The molecule has 2 fully saturated rings. The summed E-state index contributed by atoms with van der Waals surface area (Å²) in [7, 11) is 1.53. The maximum Gasteiger partial charge on any atom is 0.273 e. The van der Waals surface area contributed by atoms with Crippen LogP contribution in [0.25, 0.3) is 5.69 Å². The smallest absolute Gasteiger partial charge is 0.273 e. The van der Waals surface area contributed by atoms with E-state index in [1.807, 2.05) is 25.1 Å². The van der Waals surface area contributed by atoms with Crippen LogP contribution in [0, 0.1) is 24.0 Å². The largest absolute Gasteiger partial charge is 0.494 e. The van der Waals surface area contributed by atoms with Crippen molar-refractivity contribution >= 4 is 23.0 Å². The first-order valence-corrected chi connectivity index (χ1v) is 13.1. The number of thiocarbonyl (C=S) groups is 1. The Balaban J connectivity index is 1.55. The van der Waals surface area contributed by atoms with Crippen LogP contribution in [0.4, 0.5) is 5.69 Å². The molecule has 1 aromatic carbocycles. The molecule has 5 rings (SSSR count). The molecule has 2 unspecified atom stereocenters. The van der Waals surface area contributed by atoms with E-state index in [1.54, 1.807) is 12.3 Å². The topological polar surface area (TPSA) is 97.9 Å². The highest BCUT2D eigenvalue weighted by Crippen LogP contribution is 2.42. The number of nitro benzene ring substituents is 1. The molecule has 0 bridgehead atoms. The molecule has 0 amide bonds. The van der Waals surface area contributed by atoms with Crippen molar-refractivity contribution in [2.75, 3.05) is 46.5 Å². The number of nitrogens with zero attached hydrogens (tertiary/aromatic N) is 5. The zero-order valence-corrected chi connectivity index (χ0v) is 22.6. The van der Waals surface area contributed by atoms with E-state index in [4.69, 9.17) is 21.7 Å². The molecule has 0 saturated carbocycles. The Labute approximate surface area is 227 Å². The Bertz CT molecular complexity index is 1320. The van der Waals surface area contributed by atoms with Gasteiger partial charge in [-0.3, -0.25) is 20.0 Å². The van der Waals surface area contributed by atoms with Crippen LogP contribution in [-0.2, 0) is 4.74 Å². The standard InChI is InChI=1S/C27H32N6O4S/c1-18-16-21(19(2)32(18)23-8-7-20(33(34)35)17-24(23)36-3)26-25(22-6-4-5-9-28-22)29-27(38)31(26)11-10-30-12-14-37-15-13-30/h4-9,16-17,25-26H,10-15H2,1-3H3,(H,29,38). The fourth-order valence-corrected chi connectivity index (χ4v) is 5.81. The number of nitrogens with one attached hydrogen (secondary N) is 1. The summed E-state index contributed by atoms with van der Waals surface area (Å²) in [6.45, 7) is 9.08. The predicted octanol–water partition coefficient (Wildman–Crippen LogP) is 3.71. The number of aromatic nitrogens is 2. The van der Waals surface area contributed by atoms with Gasteiger partial charge in [-0.2, -0.15) is 0 Å². The number of hydrogen-bond acceptors (Lipinski definition) is 7. The van der Waals surface area contributed by atoms with Gasteiger partial charge in [0.25, 0.3) is 5.69 Å². The molecule has 200 valence electrons. The van der Waals surface area contributed by atoms with Crippen LogP contribution in [0.15, 0.2) is 48.7 Å². The first-order valence-electron chi connectivity index (χ1n) is 12.7. The Morgan fingerprint density at radius 3 is 2.66 bits per heavy atom. The van der Waals surface area contributed by atoms with E-state index in [-0.39, 0.29) is 17.8 Å². The molecule has 38 heavy (non-hydrogen) atoms. The number of rotatable bonds is 8. The van der Waals surface area contributed by atoms with Gasteiger partial charge in [-0.1, -0.05) is 6.07 Å². The van der Waals surface area contributed by atoms with Crippen molar-refractivity contribution in [3.05, 3.63) is 81.4 Å². The zero-order valence-electron chi connectivity index (χ0n) is 21.8. The molecule has 0 aliphatic carbocycles. The summed E-state index contributed by atoms with van der Waals surface area (Å²) in [5.41, 5.74) is 4.79. The summed E-state index contributed by atoms with van der Waals surface area (Å²) in [4.78, 5) is 20.3. The van der Waals surface area contributed by atoms with Crippen molar-refractivity contribution in [1.82, 2.24) is 24.7 Å². The van der Waals surface area contributed by atoms with Gasteiger partial charge >= 0.3 is 0 Å². The van der Waals surface area contributed by atoms with Gasteiger partial charge in [-0.25, -0.2) is 0 Å². The summed E-state index contributed by atoms with van der Waals surface area (Å²) < 4.78 is 13.2.